The van der Waals surface area contributed by atoms with Gasteiger partial charge < -0.3 is 4.74 Å². The minimum atomic E-state index is -4.00. The molecular formula is C21H26N4O5S2. The quantitative estimate of drug-likeness (QED) is 0.479. The zero-order valence-electron chi connectivity index (χ0n) is 18.1. The molecule has 9 nitrogen and oxygen atoms in total. The van der Waals surface area contributed by atoms with Gasteiger partial charge in [-0.15, -0.1) is 0 Å². The van der Waals surface area contributed by atoms with Crippen LogP contribution in [-0.2, 0) is 20.0 Å². The Labute approximate surface area is 188 Å². The summed E-state index contributed by atoms with van der Waals surface area (Å²) < 4.78 is 62.7. The molecule has 2 aromatic carbocycles. The van der Waals surface area contributed by atoms with Gasteiger partial charge in [0.05, 0.1) is 30.4 Å². The number of anilines is 1. The molecular weight excluding hydrogens is 452 g/mol. The Bertz CT molecular complexity index is 1270. The van der Waals surface area contributed by atoms with Gasteiger partial charge in [-0.3, -0.25) is 4.72 Å². The summed E-state index contributed by atoms with van der Waals surface area (Å²) >= 11 is 0. The largest absolute Gasteiger partial charge is 0.492 e. The molecule has 0 bridgehead atoms. The third kappa shape index (κ3) is 4.95. The van der Waals surface area contributed by atoms with E-state index in [1.165, 1.54) is 39.6 Å². The van der Waals surface area contributed by atoms with Crippen molar-refractivity contribution in [3.8, 4) is 11.4 Å². The van der Waals surface area contributed by atoms with Crippen molar-refractivity contribution in [1.82, 2.24) is 14.1 Å². The van der Waals surface area contributed by atoms with Gasteiger partial charge in [-0.25, -0.2) is 21.5 Å². The van der Waals surface area contributed by atoms with E-state index < -0.39 is 20.0 Å². The van der Waals surface area contributed by atoms with Crippen molar-refractivity contribution in [2.24, 2.45) is 0 Å². The number of rotatable bonds is 10. The molecule has 0 spiro atoms. The molecule has 1 aromatic heterocycles. The number of sulfonamides is 2. The summed E-state index contributed by atoms with van der Waals surface area (Å²) in [6.45, 7) is 6.04. The zero-order chi connectivity index (χ0) is 23.4. The van der Waals surface area contributed by atoms with Crippen LogP contribution in [0.25, 0.3) is 5.69 Å². The second kappa shape index (κ2) is 9.72. The Kier molecular flexibility index (Phi) is 7.22. The second-order valence-electron chi connectivity index (χ2n) is 6.75. The van der Waals surface area contributed by atoms with Gasteiger partial charge in [0.2, 0.25) is 10.0 Å². The van der Waals surface area contributed by atoms with Gasteiger partial charge in [-0.2, -0.15) is 9.40 Å². The number of nitrogens with zero attached hydrogens (tertiary/aromatic N) is 3. The van der Waals surface area contributed by atoms with E-state index in [2.05, 4.69) is 9.82 Å². The first kappa shape index (κ1) is 23.8. The molecule has 0 aliphatic rings. The molecule has 0 fully saturated rings. The van der Waals surface area contributed by atoms with E-state index in [-0.39, 0.29) is 40.9 Å². The summed E-state index contributed by atoms with van der Waals surface area (Å²) in [6.07, 6.45) is 2.62. The van der Waals surface area contributed by atoms with E-state index in [0.717, 1.165) is 0 Å². The van der Waals surface area contributed by atoms with Crippen molar-refractivity contribution in [1.29, 1.82) is 0 Å². The lowest BCUT2D eigenvalue weighted by Crippen LogP contribution is -2.31. The maximum atomic E-state index is 13.1. The number of hydrogen-bond acceptors (Lipinski definition) is 6. The highest BCUT2D eigenvalue weighted by atomic mass is 32.2. The Balaban J connectivity index is 1.96. The average Bonchev–Trinajstić information content (AvgIpc) is 3.27. The normalized spacial score (nSPS) is 12.1. The van der Waals surface area contributed by atoms with Gasteiger partial charge in [0, 0.05) is 13.1 Å². The minimum Gasteiger partial charge on any atom is -0.492 e. The zero-order valence-corrected chi connectivity index (χ0v) is 19.7. The Morgan fingerprint density at radius 3 is 2.31 bits per heavy atom. The molecule has 32 heavy (non-hydrogen) atoms. The summed E-state index contributed by atoms with van der Waals surface area (Å²) in [5.74, 6) is 0.166. The molecule has 3 rings (SSSR count). The summed E-state index contributed by atoms with van der Waals surface area (Å²) in [5, 5.41) is 4.11. The van der Waals surface area contributed by atoms with Crippen LogP contribution in [-0.4, -0.2) is 50.6 Å². The van der Waals surface area contributed by atoms with Crippen LogP contribution in [0.4, 0.5) is 5.69 Å². The lowest BCUT2D eigenvalue weighted by Gasteiger charge is -2.21. The third-order valence-electron chi connectivity index (χ3n) is 4.71. The lowest BCUT2D eigenvalue weighted by atomic mass is 10.3. The SMILES string of the molecule is CCOc1ccc(NS(=O)(=O)c2cnn(-c3ccccc3)c2)cc1S(=O)(=O)N(CC)CC. The van der Waals surface area contributed by atoms with Crippen molar-refractivity contribution >= 4 is 25.7 Å². The standard InChI is InChI=1S/C21H26N4O5S2/c1-4-24(5-2)32(28,29)21-14-17(12-13-20(21)30-6-3)23-31(26,27)19-15-22-25(16-19)18-10-8-7-9-11-18/h7-16,23H,4-6H2,1-3H3. The Hall–Kier alpha value is -2.89. The van der Waals surface area contributed by atoms with Gasteiger partial charge in [-0.1, -0.05) is 32.0 Å². The third-order valence-corrected chi connectivity index (χ3v) is 8.12. The molecule has 0 unspecified atom stereocenters. The fourth-order valence-corrected chi connectivity index (χ4v) is 5.73. The van der Waals surface area contributed by atoms with Crippen molar-refractivity contribution in [3.63, 3.8) is 0 Å². The van der Waals surface area contributed by atoms with Crippen LogP contribution >= 0.6 is 0 Å². The molecule has 3 aromatic rings. The molecule has 0 saturated heterocycles. The number of para-hydroxylation sites is 1. The first-order valence-electron chi connectivity index (χ1n) is 10.1. The molecule has 172 valence electrons. The predicted octanol–water partition coefficient (Wildman–Crippen LogP) is 3.10. The molecule has 0 amide bonds. The molecule has 0 aliphatic heterocycles. The first-order chi connectivity index (χ1) is 15.2. The molecule has 0 atom stereocenters. The number of benzene rings is 2. The number of hydrogen-bond donors (Lipinski definition) is 1. The molecule has 1 heterocycles. The maximum Gasteiger partial charge on any atom is 0.265 e. The van der Waals surface area contributed by atoms with E-state index in [9.17, 15) is 16.8 Å². The Morgan fingerprint density at radius 1 is 1.00 bits per heavy atom. The average molecular weight is 479 g/mol. The van der Waals surface area contributed by atoms with Gasteiger partial charge in [0.1, 0.15) is 15.5 Å². The summed E-state index contributed by atoms with van der Waals surface area (Å²) in [7, 11) is -7.87. The van der Waals surface area contributed by atoms with Crippen molar-refractivity contribution in [2.75, 3.05) is 24.4 Å². The highest BCUT2D eigenvalue weighted by Gasteiger charge is 2.27. The fourth-order valence-electron chi connectivity index (χ4n) is 3.13. The van der Waals surface area contributed by atoms with Gasteiger partial charge >= 0.3 is 0 Å². The van der Waals surface area contributed by atoms with E-state index in [1.807, 2.05) is 18.2 Å². The van der Waals surface area contributed by atoms with E-state index in [4.69, 9.17) is 4.74 Å². The smallest absolute Gasteiger partial charge is 0.265 e. The van der Waals surface area contributed by atoms with Crippen LogP contribution in [0.2, 0.25) is 0 Å². The number of aromatic nitrogens is 2. The van der Waals surface area contributed by atoms with Crippen molar-refractivity contribution in [2.45, 2.75) is 30.6 Å². The molecule has 1 N–H and O–H groups in total. The fraction of sp³-hybridized carbons (Fsp3) is 0.286. The number of nitrogens with one attached hydrogen (secondary N) is 1. The van der Waals surface area contributed by atoms with Crippen LogP contribution in [0.15, 0.2) is 70.7 Å². The minimum absolute atomic E-state index is 0.0524. The van der Waals surface area contributed by atoms with E-state index in [1.54, 1.807) is 32.9 Å². The van der Waals surface area contributed by atoms with Gasteiger partial charge in [0.15, 0.2) is 0 Å². The highest BCUT2D eigenvalue weighted by molar-refractivity contribution is 7.92. The molecule has 0 radical (unpaired) electrons. The van der Waals surface area contributed by atoms with Crippen LogP contribution in [0.3, 0.4) is 0 Å². The lowest BCUT2D eigenvalue weighted by molar-refractivity contribution is 0.329. The van der Waals surface area contributed by atoms with Crippen LogP contribution < -0.4 is 9.46 Å². The summed E-state index contributed by atoms with van der Waals surface area (Å²) in [5.41, 5.74) is 0.814. The van der Waals surface area contributed by atoms with Crippen LogP contribution in [0, 0.1) is 0 Å². The topological polar surface area (TPSA) is 111 Å². The Morgan fingerprint density at radius 2 is 1.69 bits per heavy atom. The van der Waals surface area contributed by atoms with Gasteiger partial charge in [0.25, 0.3) is 10.0 Å². The van der Waals surface area contributed by atoms with E-state index >= 15 is 0 Å². The summed E-state index contributed by atoms with van der Waals surface area (Å²) in [6, 6.07) is 13.3. The molecule has 11 heteroatoms. The second-order valence-corrected chi connectivity index (χ2v) is 10.3. The van der Waals surface area contributed by atoms with Crippen LogP contribution in [0.1, 0.15) is 20.8 Å². The highest BCUT2D eigenvalue weighted by Crippen LogP contribution is 2.31. The van der Waals surface area contributed by atoms with Gasteiger partial charge in [-0.05, 0) is 37.3 Å². The van der Waals surface area contributed by atoms with E-state index in [0.29, 0.717) is 5.69 Å². The predicted molar refractivity (Wildman–Crippen MR) is 122 cm³/mol. The maximum absolute atomic E-state index is 13.1. The molecule has 0 saturated carbocycles. The van der Waals surface area contributed by atoms with Crippen LogP contribution in [0.5, 0.6) is 5.75 Å². The number of ether oxygens (including phenoxy) is 1. The van der Waals surface area contributed by atoms with Crippen molar-refractivity contribution in [3.05, 3.63) is 60.9 Å². The molecule has 0 aliphatic carbocycles. The first-order valence-corrected chi connectivity index (χ1v) is 13.0. The van der Waals surface area contributed by atoms with Crippen molar-refractivity contribution < 1.29 is 21.6 Å². The monoisotopic (exact) mass is 478 g/mol. The summed E-state index contributed by atoms with van der Waals surface area (Å²) in [4.78, 5) is -0.147.